The lowest BCUT2D eigenvalue weighted by atomic mass is 10.1. The molecule has 3 rings (SSSR count). The maximum atomic E-state index is 12.7. The van der Waals surface area contributed by atoms with E-state index in [1.165, 1.54) is 0 Å². The number of hydrogen-bond donors (Lipinski definition) is 2. The fourth-order valence-electron chi connectivity index (χ4n) is 2.85. The molecule has 7 nitrogen and oxygen atoms in total. The summed E-state index contributed by atoms with van der Waals surface area (Å²) in [4.78, 5) is 30.6. The number of carbonyl (C=O) groups excluding carboxylic acids is 2. The predicted octanol–water partition coefficient (Wildman–Crippen LogP) is 2.92. The summed E-state index contributed by atoms with van der Waals surface area (Å²) in [5, 5.41) is 6.65. The Morgan fingerprint density at radius 2 is 2.07 bits per heavy atom. The molecule has 2 N–H and O–H groups in total. The molecular weight excluding hydrogens is 376 g/mol. The van der Waals surface area contributed by atoms with Crippen LogP contribution in [-0.2, 0) is 16.0 Å². The van der Waals surface area contributed by atoms with E-state index in [2.05, 4.69) is 15.6 Å². The van der Waals surface area contributed by atoms with E-state index in [1.54, 1.807) is 30.0 Å². The molecule has 0 saturated carbocycles. The fraction of sp³-hybridized carbons (Fsp3) is 0.350. The zero-order chi connectivity index (χ0) is 19.8. The molecule has 3 amide bonds. The second-order valence-electron chi connectivity index (χ2n) is 6.33. The van der Waals surface area contributed by atoms with E-state index in [-0.39, 0.29) is 11.9 Å². The second-order valence-corrected chi connectivity index (χ2v) is 7.41. The maximum absolute atomic E-state index is 12.7. The van der Waals surface area contributed by atoms with Gasteiger partial charge in [0.25, 0.3) is 0 Å². The summed E-state index contributed by atoms with van der Waals surface area (Å²) in [5.74, 6) is 0.790. The third-order valence-electron chi connectivity index (χ3n) is 4.26. The number of benzene rings is 1. The van der Waals surface area contributed by atoms with Crippen LogP contribution in [0.2, 0.25) is 0 Å². The number of hydrogen-bond acceptors (Lipinski definition) is 5. The number of fused-ring (bicyclic) bond motifs is 1. The van der Waals surface area contributed by atoms with E-state index < -0.39 is 0 Å². The van der Waals surface area contributed by atoms with Crippen molar-refractivity contribution in [1.29, 1.82) is 0 Å². The lowest BCUT2D eigenvalue weighted by Gasteiger charge is -2.28. The molecule has 0 radical (unpaired) electrons. The minimum atomic E-state index is -0.182. The van der Waals surface area contributed by atoms with Gasteiger partial charge in [0.05, 0.1) is 12.1 Å². The van der Waals surface area contributed by atoms with Crippen LogP contribution in [0.15, 0.2) is 47.6 Å². The standard InChI is InChI=1S/C20H24N4O3S/c1-27-12-3-10-21-18(25)14-15-5-7-16(8-6-15)23-20(26)24-11-13-28-19-17(24)4-2-9-22-19/h2,4-9H,3,10-14H2,1H3,(H,21,25)(H,23,26). The van der Waals surface area contributed by atoms with Crippen molar-refractivity contribution >= 4 is 35.1 Å². The number of thioether (sulfide) groups is 1. The van der Waals surface area contributed by atoms with Gasteiger partial charge in [0.2, 0.25) is 5.91 Å². The Hall–Kier alpha value is -2.58. The summed E-state index contributed by atoms with van der Waals surface area (Å²) in [5.41, 5.74) is 2.42. The van der Waals surface area contributed by atoms with Crippen molar-refractivity contribution in [2.75, 3.05) is 42.8 Å². The highest BCUT2D eigenvalue weighted by molar-refractivity contribution is 7.99. The molecule has 1 aromatic carbocycles. The van der Waals surface area contributed by atoms with Gasteiger partial charge in [0.1, 0.15) is 5.03 Å². The Bertz CT molecular complexity index is 813. The van der Waals surface area contributed by atoms with Gasteiger partial charge in [-0.05, 0) is 36.2 Å². The largest absolute Gasteiger partial charge is 0.385 e. The van der Waals surface area contributed by atoms with E-state index in [9.17, 15) is 9.59 Å². The molecule has 0 fully saturated rings. The summed E-state index contributed by atoms with van der Waals surface area (Å²) in [6, 6.07) is 10.9. The van der Waals surface area contributed by atoms with Gasteiger partial charge in [-0.1, -0.05) is 12.1 Å². The van der Waals surface area contributed by atoms with Crippen molar-refractivity contribution in [1.82, 2.24) is 10.3 Å². The maximum Gasteiger partial charge on any atom is 0.326 e. The molecule has 8 heteroatoms. The smallest absolute Gasteiger partial charge is 0.326 e. The van der Waals surface area contributed by atoms with Crippen molar-refractivity contribution in [2.24, 2.45) is 0 Å². The summed E-state index contributed by atoms with van der Waals surface area (Å²) >= 11 is 1.65. The minimum Gasteiger partial charge on any atom is -0.385 e. The average molecular weight is 401 g/mol. The number of amides is 3. The van der Waals surface area contributed by atoms with Crippen molar-refractivity contribution in [3.63, 3.8) is 0 Å². The van der Waals surface area contributed by atoms with Gasteiger partial charge in [-0.3, -0.25) is 9.69 Å². The molecule has 0 atom stereocenters. The Labute approximate surface area is 168 Å². The fourth-order valence-corrected chi connectivity index (χ4v) is 3.78. The Morgan fingerprint density at radius 3 is 2.86 bits per heavy atom. The zero-order valence-electron chi connectivity index (χ0n) is 15.8. The van der Waals surface area contributed by atoms with E-state index >= 15 is 0 Å². The Kier molecular flexibility index (Phi) is 7.27. The number of methoxy groups -OCH3 is 1. The van der Waals surface area contributed by atoms with E-state index in [0.717, 1.165) is 28.5 Å². The highest BCUT2D eigenvalue weighted by atomic mass is 32.2. The molecule has 1 aliphatic heterocycles. The Morgan fingerprint density at radius 1 is 1.25 bits per heavy atom. The van der Waals surface area contributed by atoms with Crippen LogP contribution in [0.25, 0.3) is 0 Å². The van der Waals surface area contributed by atoms with Crippen molar-refractivity contribution in [2.45, 2.75) is 17.9 Å². The van der Waals surface area contributed by atoms with Gasteiger partial charge >= 0.3 is 6.03 Å². The number of ether oxygens (including phenoxy) is 1. The molecule has 0 unspecified atom stereocenters. The van der Waals surface area contributed by atoms with Gasteiger partial charge < -0.3 is 15.4 Å². The van der Waals surface area contributed by atoms with Crippen molar-refractivity contribution in [3.8, 4) is 0 Å². The first-order valence-corrected chi connectivity index (χ1v) is 10.2. The number of aromatic nitrogens is 1. The van der Waals surface area contributed by atoms with E-state index in [0.29, 0.717) is 31.8 Å². The SMILES string of the molecule is COCCCNC(=O)Cc1ccc(NC(=O)N2CCSc3ncccc32)cc1. The highest BCUT2D eigenvalue weighted by Gasteiger charge is 2.23. The number of pyridine rings is 1. The van der Waals surface area contributed by atoms with Crippen molar-refractivity contribution in [3.05, 3.63) is 48.2 Å². The number of anilines is 2. The van der Waals surface area contributed by atoms with Crippen LogP contribution in [0, 0.1) is 0 Å². The second kappa shape index (κ2) is 10.1. The van der Waals surface area contributed by atoms with Crippen LogP contribution in [0.1, 0.15) is 12.0 Å². The monoisotopic (exact) mass is 400 g/mol. The molecule has 148 valence electrons. The van der Waals surface area contributed by atoms with E-state index in [4.69, 9.17) is 4.74 Å². The molecule has 2 heterocycles. The molecule has 1 aliphatic rings. The van der Waals surface area contributed by atoms with Gasteiger partial charge in [-0.15, -0.1) is 11.8 Å². The highest BCUT2D eigenvalue weighted by Crippen LogP contribution is 2.32. The molecule has 1 aromatic heterocycles. The average Bonchev–Trinajstić information content (AvgIpc) is 2.72. The summed E-state index contributed by atoms with van der Waals surface area (Å²) < 4.78 is 4.96. The summed E-state index contributed by atoms with van der Waals surface area (Å²) in [6.07, 6.45) is 2.84. The zero-order valence-corrected chi connectivity index (χ0v) is 16.6. The number of carbonyl (C=O) groups is 2. The molecule has 2 aromatic rings. The molecule has 28 heavy (non-hydrogen) atoms. The van der Waals surface area contributed by atoms with Gasteiger partial charge in [-0.2, -0.15) is 0 Å². The third-order valence-corrected chi connectivity index (χ3v) is 5.23. The lowest BCUT2D eigenvalue weighted by molar-refractivity contribution is -0.120. The number of rotatable bonds is 7. The van der Waals surface area contributed by atoms with Crippen LogP contribution >= 0.6 is 11.8 Å². The predicted molar refractivity (Wildman–Crippen MR) is 111 cm³/mol. The summed E-state index contributed by atoms with van der Waals surface area (Å²) in [7, 11) is 1.64. The first-order valence-electron chi connectivity index (χ1n) is 9.18. The first-order chi connectivity index (χ1) is 13.7. The lowest BCUT2D eigenvalue weighted by Crippen LogP contribution is -2.38. The van der Waals surface area contributed by atoms with Gasteiger partial charge in [0, 0.05) is 44.4 Å². The summed E-state index contributed by atoms with van der Waals surface area (Å²) in [6.45, 7) is 1.87. The number of urea groups is 1. The van der Waals surface area contributed by atoms with Crippen LogP contribution in [0.4, 0.5) is 16.2 Å². The van der Waals surface area contributed by atoms with Gasteiger partial charge in [-0.25, -0.2) is 9.78 Å². The van der Waals surface area contributed by atoms with Crippen LogP contribution in [0.5, 0.6) is 0 Å². The van der Waals surface area contributed by atoms with Gasteiger partial charge in [0.15, 0.2) is 0 Å². The molecular formula is C20H24N4O3S. The van der Waals surface area contributed by atoms with Crippen LogP contribution < -0.4 is 15.5 Å². The number of nitrogens with one attached hydrogen (secondary N) is 2. The normalized spacial score (nSPS) is 13.0. The van der Waals surface area contributed by atoms with Crippen LogP contribution in [0.3, 0.4) is 0 Å². The van der Waals surface area contributed by atoms with E-state index in [1.807, 2.05) is 36.4 Å². The third kappa shape index (κ3) is 5.46. The minimum absolute atomic E-state index is 0.0252. The molecule has 0 bridgehead atoms. The quantitative estimate of drug-likeness (QED) is 0.698. The topological polar surface area (TPSA) is 83.6 Å². The first kappa shape index (κ1) is 20.2. The molecule has 0 spiro atoms. The Balaban J connectivity index is 1.53. The molecule has 0 saturated heterocycles. The number of nitrogens with zero attached hydrogens (tertiary/aromatic N) is 2. The van der Waals surface area contributed by atoms with Crippen LogP contribution in [-0.4, -0.2) is 49.5 Å². The molecule has 0 aliphatic carbocycles. The van der Waals surface area contributed by atoms with Crippen molar-refractivity contribution < 1.29 is 14.3 Å².